The van der Waals surface area contributed by atoms with Crippen LogP contribution in [0.15, 0.2) is 23.4 Å². The number of aromatic nitrogens is 3. The number of thioether (sulfide) groups is 1. The van der Waals surface area contributed by atoms with Gasteiger partial charge in [0.2, 0.25) is 0 Å². The van der Waals surface area contributed by atoms with E-state index in [2.05, 4.69) is 10.2 Å². The van der Waals surface area contributed by atoms with Crippen molar-refractivity contribution < 1.29 is 12.8 Å². The Labute approximate surface area is 143 Å². The molecule has 1 atom stereocenters. The second-order valence-electron chi connectivity index (χ2n) is 5.49. The highest BCUT2D eigenvalue weighted by Crippen LogP contribution is 2.31. The third-order valence-corrected chi connectivity index (χ3v) is 7.04. The Morgan fingerprint density at radius 2 is 2.22 bits per heavy atom. The molecule has 2 heterocycles. The molecule has 0 radical (unpaired) electrons. The molecule has 5 nitrogen and oxygen atoms in total. The third-order valence-electron chi connectivity index (χ3n) is 3.87. The van der Waals surface area contributed by atoms with E-state index in [1.54, 1.807) is 23.7 Å². The molecule has 1 unspecified atom stereocenters. The van der Waals surface area contributed by atoms with Gasteiger partial charge < -0.3 is 4.57 Å². The van der Waals surface area contributed by atoms with Crippen molar-refractivity contribution in [1.29, 1.82) is 0 Å². The Morgan fingerprint density at radius 3 is 2.87 bits per heavy atom. The van der Waals surface area contributed by atoms with Crippen molar-refractivity contribution in [3.05, 3.63) is 40.4 Å². The largest absolute Gasteiger partial charge is 0.309 e. The molecule has 1 aliphatic rings. The lowest BCUT2D eigenvalue weighted by molar-refractivity contribution is 0.599. The van der Waals surface area contributed by atoms with E-state index in [0.717, 1.165) is 0 Å². The minimum atomic E-state index is -2.97. The van der Waals surface area contributed by atoms with Crippen LogP contribution in [0.2, 0.25) is 5.02 Å². The lowest BCUT2D eigenvalue weighted by Crippen LogP contribution is -2.09. The summed E-state index contributed by atoms with van der Waals surface area (Å²) < 4.78 is 38.8. The van der Waals surface area contributed by atoms with Gasteiger partial charge in [-0.3, -0.25) is 0 Å². The van der Waals surface area contributed by atoms with Crippen LogP contribution in [-0.4, -0.2) is 34.7 Å². The average Bonchev–Trinajstić information content (AvgIpc) is 3.01. The van der Waals surface area contributed by atoms with Crippen molar-refractivity contribution in [2.75, 3.05) is 11.5 Å². The number of sulfone groups is 1. The monoisotopic (exact) mass is 375 g/mol. The fourth-order valence-corrected chi connectivity index (χ4v) is 5.61. The number of halogens is 2. The molecule has 0 bridgehead atoms. The molecule has 1 aromatic heterocycles. The number of nitrogens with zero attached hydrogens (tertiary/aromatic N) is 3. The van der Waals surface area contributed by atoms with Crippen molar-refractivity contribution in [2.45, 2.75) is 23.2 Å². The molecule has 3 rings (SSSR count). The lowest BCUT2D eigenvalue weighted by Gasteiger charge is -2.08. The minimum Gasteiger partial charge on any atom is -0.309 e. The SMILES string of the molecule is Cn1c(SCc2c(F)cccc2Cl)nnc1C1CCS(=O)(=O)C1. The maximum Gasteiger partial charge on any atom is 0.191 e. The zero-order valence-corrected chi connectivity index (χ0v) is 14.8. The fraction of sp³-hybridized carbons (Fsp3) is 0.429. The molecule has 23 heavy (non-hydrogen) atoms. The Kier molecular flexibility index (Phi) is 4.66. The summed E-state index contributed by atoms with van der Waals surface area (Å²) in [6.45, 7) is 0. The first-order valence-electron chi connectivity index (χ1n) is 7.03. The van der Waals surface area contributed by atoms with Crippen LogP contribution in [0.4, 0.5) is 4.39 Å². The third kappa shape index (κ3) is 3.54. The van der Waals surface area contributed by atoms with E-state index >= 15 is 0 Å². The molecular weight excluding hydrogens is 361 g/mol. The van der Waals surface area contributed by atoms with Crippen LogP contribution in [0.1, 0.15) is 23.7 Å². The normalized spacial score (nSPS) is 20.0. The van der Waals surface area contributed by atoms with Crippen LogP contribution in [0.3, 0.4) is 0 Å². The van der Waals surface area contributed by atoms with E-state index in [9.17, 15) is 12.8 Å². The van der Waals surface area contributed by atoms with Gasteiger partial charge >= 0.3 is 0 Å². The van der Waals surface area contributed by atoms with Gasteiger partial charge in [0.05, 0.1) is 11.5 Å². The maximum absolute atomic E-state index is 13.8. The molecule has 9 heteroatoms. The number of rotatable bonds is 4. The Hall–Kier alpha value is -1.12. The first-order chi connectivity index (χ1) is 10.9. The fourth-order valence-electron chi connectivity index (χ4n) is 2.61. The minimum absolute atomic E-state index is 0.114. The summed E-state index contributed by atoms with van der Waals surface area (Å²) in [5, 5.41) is 9.21. The summed E-state index contributed by atoms with van der Waals surface area (Å²) in [4.78, 5) is 0. The van der Waals surface area contributed by atoms with Crippen LogP contribution in [0, 0.1) is 5.82 Å². The molecule has 124 valence electrons. The molecule has 1 saturated heterocycles. The van der Waals surface area contributed by atoms with Gasteiger partial charge in [-0.25, -0.2) is 12.8 Å². The van der Waals surface area contributed by atoms with Crippen LogP contribution < -0.4 is 0 Å². The highest BCUT2D eigenvalue weighted by atomic mass is 35.5. The van der Waals surface area contributed by atoms with Gasteiger partial charge in [-0.2, -0.15) is 0 Å². The topological polar surface area (TPSA) is 64.8 Å². The van der Waals surface area contributed by atoms with E-state index in [1.165, 1.54) is 17.8 Å². The van der Waals surface area contributed by atoms with E-state index in [-0.39, 0.29) is 23.2 Å². The van der Waals surface area contributed by atoms with Gasteiger partial charge in [0.15, 0.2) is 15.0 Å². The molecule has 0 saturated carbocycles. The summed E-state index contributed by atoms with van der Waals surface area (Å²) >= 11 is 7.34. The van der Waals surface area contributed by atoms with Crippen LogP contribution in [0.25, 0.3) is 0 Å². The van der Waals surface area contributed by atoms with Gasteiger partial charge in [-0.05, 0) is 18.6 Å². The van der Waals surface area contributed by atoms with Gasteiger partial charge in [0, 0.05) is 29.3 Å². The molecular formula is C14H15ClFN3O2S2. The molecule has 0 aliphatic carbocycles. The number of hydrogen-bond donors (Lipinski definition) is 0. The predicted octanol–water partition coefficient (Wildman–Crippen LogP) is 2.80. The Morgan fingerprint density at radius 1 is 1.43 bits per heavy atom. The molecule has 0 spiro atoms. The van der Waals surface area contributed by atoms with Crippen molar-refractivity contribution in [1.82, 2.24) is 14.8 Å². The second-order valence-corrected chi connectivity index (χ2v) is 9.07. The summed E-state index contributed by atoms with van der Waals surface area (Å²) in [6.07, 6.45) is 0.568. The van der Waals surface area contributed by atoms with Gasteiger partial charge in [-0.15, -0.1) is 10.2 Å². The molecule has 0 amide bonds. The molecule has 0 N–H and O–H groups in total. The summed E-state index contributed by atoms with van der Waals surface area (Å²) in [5.74, 6) is 0.826. The predicted molar refractivity (Wildman–Crippen MR) is 88.0 cm³/mol. The van der Waals surface area contributed by atoms with E-state index in [4.69, 9.17) is 11.6 Å². The van der Waals surface area contributed by atoms with E-state index < -0.39 is 9.84 Å². The van der Waals surface area contributed by atoms with Crippen LogP contribution in [0.5, 0.6) is 0 Å². The molecule has 2 aromatic rings. The van der Waals surface area contributed by atoms with Crippen LogP contribution >= 0.6 is 23.4 Å². The first-order valence-corrected chi connectivity index (χ1v) is 10.2. The van der Waals surface area contributed by atoms with E-state index in [1.807, 2.05) is 0 Å². The quantitative estimate of drug-likeness (QED) is 0.769. The first kappa shape index (κ1) is 16.7. The zero-order valence-electron chi connectivity index (χ0n) is 12.4. The van der Waals surface area contributed by atoms with Gasteiger partial charge in [0.25, 0.3) is 0 Å². The highest BCUT2D eigenvalue weighted by Gasteiger charge is 2.32. The Balaban J connectivity index is 1.75. The number of benzene rings is 1. The lowest BCUT2D eigenvalue weighted by atomic mass is 10.1. The summed E-state index contributed by atoms with van der Waals surface area (Å²) in [5.41, 5.74) is 0.423. The molecule has 1 aromatic carbocycles. The smallest absolute Gasteiger partial charge is 0.191 e. The zero-order chi connectivity index (χ0) is 16.6. The van der Waals surface area contributed by atoms with Crippen molar-refractivity contribution in [3.63, 3.8) is 0 Å². The van der Waals surface area contributed by atoms with E-state index in [0.29, 0.717) is 33.7 Å². The summed E-state index contributed by atoms with van der Waals surface area (Å²) in [7, 11) is -1.18. The van der Waals surface area contributed by atoms with Crippen molar-refractivity contribution >= 4 is 33.2 Å². The number of hydrogen-bond acceptors (Lipinski definition) is 5. The molecule has 1 aliphatic heterocycles. The van der Waals surface area contributed by atoms with Gasteiger partial charge in [0.1, 0.15) is 11.6 Å². The Bertz CT molecular complexity index is 818. The second kappa shape index (κ2) is 6.41. The van der Waals surface area contributed by atoms with Crippen LogP contribution in [-0.2, 0) is 22.6 Å². The average molecular weight is 376 g/mol. The highest BCUT2D eigenvalue weighted by molar-refractivity contribution is 7.98. The standard InChI is InChI=1S/C14H15ClFN3O2S2/c1-19-13(9-5-6-23(20,21)8-9)17-18-14(19)22-7-10-11(15)3-2-4-12(10)16/h2-4,9H,5-8H2,1H3. The summed E-state index contributed by atoms with van der Waals surface area (Å²) in [6, 6.07) is 4.58. The maximum atomic E-state index is 13.8. The van der Waals surface area contributed by atoms with Crippen molar-refractivity contribution in [3.8, 4) is 0 Å². The van der Waals surface area contributed by atoms with Gasteiger partial charge in [-0.1, -0.05) is 29.4 Å². The van der Waals surface area contributed by atoms with Crippen molar-refractivity contribution in [2.24, 2.45) is 7.05 Å². The molecule has 1 fully saturated rings.